The zero-order chi connectivity index (χ0) is 20.5. The lowest BCUT2D eigenvalue weighted by atomic mass is 10.1. The Balaban J connectivity index is 1.64. The molecular weight excluding hydrogens is 432 g/mol. The first-order valence-electron chi connectivity index (χ1n) is 8.49. The van der Waals surface area contributed by atoms with Crippen LogP contribution < -0.4 is 9.64 Å². The molecule has 0 radical (unpaired) electrons. The second-order valence-electron chi connectivity index (χ2n) is 6.24. The van der Waals surface area contributed by atoms with Gasteiger partial charge in [0.05, 0.1) is 17.1 Å². The lowest BCUT2D eigenvalue weighted by Gasteiger charge is -2.29. The van der Waals surface area contributed by atoms with Crippen LogP contribution in [-0.2, 0) is 20.9 Å². The van der Waals surface area contributed by atoms with Crippen LogP contribution >= 0.6 is 35.3 Å². The van der Waals surface area contributed by atoms with Crippen molar-refractivity contribution < 1.29 is 24.2 Å². The van der Waals surface area contributed by atoms with Gasteiger partial charge in [-0.3, -0.25) is 19.3 Å². The molecule has 29 heavy (non-hydrogen) atoms. The maximum atomic E-state index is 12.5. The van der Waals surface area contributed by atoms with Crippen molar-refractivity contribution in [1.82, 2.24) is 4.90 Å². The molecule has 1 aromatic heterocycles. The second kappa shape index (κ2) is 7.97. The molecule has 0 atom stereocenters. The summed E-state index contributed by atoms with van der Waals surface area (Å²) in [4.78, 5) is 39.9. The van der Waals surface area contributed by atoms with E-state index in [1.807, 2.05) is 17.5 Å². The van der Waals surface area contributed by atoms with Gasteiger partial charge in [-0.05, 0) is 35.2 Å². The SMILES string of the molecule is O=C(O)CN1C(=O)C(=Cc2ccc3c(c2)N(Cc2cccs2)C(=O)CO3)SC1=S. The number of hydrogen-bond acceptors (Lipinski definition) is 7. The fourth-order valence-corrected chi connectivity index (χ4v) is 4.91. The van der Waals surface area contributed by atoms with Crippen LogP contribution in [0.4, 0.5) is 5.69 Å². The normalized spacial score (nSPS) is 17.7. The summed E-state index contributed by atoms with van der Waals surface area (Å²) in [5.41, 5.74) is 1.32. The van der Waals surface area contributed by atoms with Crippen molar-refractivity contribution in [2.75, 3.05) is 18.1 Å². The Morgan fingerprint density at radius 3 is 2.83 bits per heavy atom. The molecule has 10 heteroatoms. The second-order valence-corrected chi connectivity index (χ2v) is 8.94. The van der Waals surface area contributed by atoms with Gasteiger partial charge in [-0.2, -0.15) is 0 Å². The summed E-state index contributed by atoms with van der Waals surface area (Å²) in [5, 5.41) is 10.9. The molecule has 7 nitrogen and oxygen atoms in total. The van der Waals surface area contributed by atoms with Gasteiger partial charge in [0, 0.05) is 4.88 Å². The number of benzene rings is 1. The quantitative estimate of drug-likeness (QED) is 0.558. The summed E-state index contributed by atoms with van der Waals surface area (Å²) in [5.74, 6) is -1.12. The molecule has 0 spiro atoms. The van der Waals surface area contributed by atoms with E-state index in [2.05, 4.69) is 0 Å². The lowest BCUT2D eigenvalue weighted by Crippen LogP contribution is -2.38. The molecule has 1 aromatic carbocycles. The van der Waals surface area contributed by atoms with Crippen molar-refractivity contribution in [3.8, 4) is 5.75 Å². The number of amides is 2. The molecule has 2 aromatic rings. The number of carbonyl (C=O) groups is 3. The molecule has 4 rings (SSSR count). The van der Waals surface area contributed by atoms with Gasteiger partial charge in [0.15, 0.2) is 6.61 Å². The predicted molar refractivity (Wildman–Crippen MR) is 115 cm³/mol. The van der Waals surface area contributed by atoms with Gasteiger partial charge in [-0.1, -0.05) is 36.1 Å². The van der Waals surface area contributed by atoms with Crippen LogP contribution in [0.1, 0.15) is 10.4 Å². The number of rotatable bonds is 5. The molecule has 2 amide bonds. The fourth-order valence-electron chi connectivity index (χ4n) is 2.96. The minimum Gasteiger partial charge on any atom is -0.482 e. The molecule has 1 saturated heterocycles. The third-order valence-corrected chi connectivity index (χ3v) is 6.52. The van der Waals surface area contributed by atoms with Crippen LogP contribution in [0.15, 0.2) is 40.6 Å². The van der Waals surface area contributed by atoms with Crippen molar-refractivity contribution in [2.24, 2.45) is 0 Å². The first-order valence-corrected chi connectivity index (χ1v) is 10.6. The van der Waals surface area contributed by atoms with Gasteiger partial charge in [-0.15, -0.1) is 11.3 Å². The Kier molecular flexibility index (Phi) is 5.39. The molecule has 0 unspecified atom stereocenters. The third kappa shape index (κ3) is 4.04. The first-order chi connectivity index (χ1) is 13.9. The van der Waals surface area contributed by atoms with Crippen LogP contribution in [0.2, 0.25) is 0 Å². The summed E-state index contributed by atoms with van der Waals surface area (Å²) < 4.78 is 5.74. The number of thiophene rings is 1. The summed E-state index contributed by atoms with van der Waals surface area (Å²) in [6.07, 6.45) is 1.64. The Bertz CT molecular complexity index is 1050. The van der Waals surface area contributed by atoms with Gasteiger partial charge in [0.25, 0.3) is 11.8 Å². The van der Waals surface area contributed by atoms with Crippen molar-refractivity contribution in [2.45, 2.75) is 6.54 Å². The molecule has 1 fully saturated rings. The average Bonchev–Trinajstić information content (AvgIpc) is 3.28. The van der Waals surface area contributed by atoms with E-state index in [-0.39, 0.29) is 16.8 Å². The number of thiocarbonyl (C=S) groups is 1. The number of thioether (sulfide) groups is 1. The van der Waals surface area contributed by atoms with Crippen LogP contribution in [0, 0.1) is 0 Å². The molecule has 148 valence electrons. The Hall–Kier alpha value is -2.69. The standard InChI is InChI=1S/C19H14N2O5S3/c22-16-10-26-14-4-3-11(6-13(14)20(16)8-12-2-1-5-28-12)7-15-18(25)21(9-17(23)24)19(27)29-15/h1-7H,8-10H2,(H,23,24). The number of ether oxygens (including phenoxy) is 1. The third-order valence-electron chi connectivity index (χ3n) is 4.28. The largest absolute Gasteiger partial charge is 0.482 e. The van der Waals surface area contributed by atoms with E-state index in [9.17, 15) is 14.4 Å². The van der Waals surface area contributed by atoms with E-state index < -0.39 is 18.4 Å². The van der Waals surface area contributed by atoms with Gasteiger partial charge in [-0.25, -0.2) is 0 Å². The Labute approximate surface area is 179 Å². The van der Waals surface area contributed by atoms with Crippen molar-refractivity contribution >= 4 is 69.2 Å². The minimum atomic E-state index is -1.13. The van der Waals surface area contributed by atoms with Crippen molar-refractivity contribution in [3.05, 3.63) is 51.1 Å². The van der Waals surface area contributed by atoms with Crippen molar-refractivity contribution in [3.63, 3.8) is 0 Å². The predicted octanol–water partition coefficient (Wildman–Crippen LogP) is 2.96. The number of fused-ring (bicyclic) bond motifs is 1. The minimum absolute atomic E-state index is 0.0223. The van der Waals surface area contributed by atoms with E-state index >= 15 is 0 Å². The number of aliphatic carboxylic acids is 1. The Morgan fingerprint density at radius 2 is 2.10 bits per heavy atom. The maximum absolute atomic E-state index is 12.5. The lowest BCUT2D eigenvalue weighted by molar-refractivity contribution is -0.140. The molecule has 0 aliphatic carbocycles. The zero-order valence-corrected chi connectivity index (χ0v) is 17.3. The highest BCUT2D eigenvalue weighted by Gasteiger charge is 2.33. The van der Waals surface area contributed by atoms with Gasteiger partial charge in [0.1, 0.15) is 16.6 Å². The summed E-state index contributed by atoms with van der Waals surface area (Å²) in [6, 6.07) is 9.21. The highest BCUT2D eigenvalue weighted by atomic mass is 32.2. The number of carbonyl (C=O) groups excluding carboxylic acids is 2. The number of hydrogen-bond donors (Lipinski definition) is 1. The van der Waals surface area contributed by atoms with Gasteiger partial charge in [0.2, 0.25) is 0 Å². The topological polar surface area (TPSA) is 87.2 Å². The summed E-state index contributed by atoms with van der Waals surface area (Å²) in [6.45, 7) is -0.0499. The van der Waals surface area contributed by atoms with E-state index in [0.717, 1.165) is 21.5 Å². The fraction of sp³-hybridized carbons (Fsp3) is 0.158. The monoisotopic (exact) mass is 446 g/mol. The molecule has 3 heterocycles. The first kappa shape index (κ1) is 19.6. The van der Waals surface area contributed by atoms with Gasteiger partial charge >= 0.3 is 5.97 Å². The van der Waals surface area contributed by atoms with Gasteiger partial charge < -0.3 is 14.7 Å². The molecular formula is C19H14N2O5S3. The maximum Gasteiger partial charge on any atom is 0.323 e. The molecule has 1 N–H and O–H groups in total. The summed E-state index contributed by atoms with van der Waals surface area (Å²) in [7, 11) is 0. The molecule has 0 saturated carbocycles. The number of anilines is 1. The van der Waals surface area contributed by atoms with Crippen molar-refractivity contribution in [1.29, 1.82) is 0 Å². The van der Waals surface area contributed by atoms with E-state index in [1.165, 1.54) is 0 Å². The average molecular weight is 447 g/mol. The molecule has 0 bridgehead atoms. The molecule has 2 aliphatic rings. The van der Waals surface area contributed by atoms with E-state index in [1.54, 1.807) is 40.5 Å². The highest BCUT2D eigenvalue weighted by molar-refractivity contribution is 8.26. The van der Waals surface area contributed by atoms with Crippen LogP contribution in [0.3, 0.4) is 0 Å². The van der Waals surface area contributed by atoms with E-state index in [4.69, 9.17) is 22.1 Å². The zero-order valence-electron chi connectivity index (χ0n) is 14.9. The van der Waals surface area contributed by atoms with E-state index in [0.29, 0.717) is 28.5 Å². The highest BCUT2D eigenvalue weighted by Crippen LogP contribution is 2.37. The smallest absolute Gasteiger partial charge is 0.323 e. The van der Waals surface area contributed by atoms with Crippen LogP contribution in [0.5, 0.6) is 5.75 Å². The summed E-state index contributed by atoms with van der Waals surface area (Å²) >= 11 is 7.74. The van der Waals surface area contributed by atoms with Crippen LogP contribution in [0.25, 0.3) is 6.08 Å². The van der Waals surface area contributed by atoms with Crippen LogP contribution in [-0.4, -0.2) is 45.3 Å². The number of carboxylic acids is 1. The molecule has 2 aliphatic heterocycles. The Morgan fingerprint density at radius 1 is 1.28 bits per heavy atom. The number of nitrogens with zero attached hydrogens (tertiary/aromatic N) is 2. The number of carboxylic acid groups (broad SMARTS) is 1.